The van der Waals surface area contributed by atoms with Crippen molar-refractivity contribution in [1.82, 2.24) is 4.98 Å². The van der Waals surface area contributed by atoms with E-state index in [1.54, 1.807) is 0 Å². The molecule has 0 radical (unpaired) electrons. The minimum Gasteiger partial charge on any atom is -0.250 e. The van der Waals surface area contributed by atoms with E-state index < -0.39 is 0 Å². The van der Waals surface area contributed by atoms with Gasteiger partial charge in [-0.1, -0.05) is 6.42 Å². The lowest BCUT2D eigenvalue weighted by Gasteiger charge is -2.17. The van der Waals surface area contributed by atoms with Gasteiger partial charge in [0.05, 0.1) is 0 Å². The van der Waals surface area contributed by atoms with Gasteiger partial charge in [-0.3, -0.25) is 4.98 Å². The molecule has 2 rings (SSSR count). The number of nitrogens with zero attached hydrogens (tertiary/aromatic N) is 1. The Kier molecular flexibility index (Phi) is 1.93. The maximum atomic E-state index is 3.09. The van der Waals surface area contributed by atoms with E-state index in [-0.39, 0.29) is 0 Å². The molecule has 1 fully saturated rings. The van der Waals surface area contributed by atoms with E-state index >= 15 is 0 Å². The van der Waals surface area contributed by atoms with E-state index in [9.17, 15) is 0 Å². The van der Waals surface area contributed by atoms with E-state index in [4.69, 9.17) is 0 Å². The standard InChI is InChI=1S/C9H14N2/c1-2-4-9(5-3-1)11-7-6-10-8-11/h6-9H,1-5H2/p+1. The van der Waals surface area contributed by atoms with Crippen molar-refractivity contribution >= 4 is 0 Å². The maximum Gasteiger partial charge on any atom is 0.241 e. The van der Waals surface area contributed by atoms with Crippen molar-refractivity contribution in [2.75, 3.05) is 0 Å². The first-order valence-electron chi connectivity index (χ1n) is 4.50. The monoisotopic (exact) mass is 151 g/mol. The lowest BCUT2D eigenvalue weighted by Crippen LogP contribution is -2.38. The number of nitrogens with one attached hydrogen (secondary N) is 1. The highest BCUT2D eigenvalue weighted by molar-refractivity contribution is 4.64. The fourth-order valence-electron chi connectivity index (χ4n) is 1.91. The number of aromatic nitrogens is 2. The van der Waals surface area contributed by atoms with Crippen LogP contribution in [-0.4, -0.2) is 4.98 Å². The van der Waals surface area contributed by atoms with Crippen LogP contribution in [0.3, 0.4) is 0 Å². The lowest BCUT2D eigenvalue weighted by molar-refractivity contribution is -0.724. The number of H-pyrrole nitrogens is 1. The van der Waals surface area contributed by atoms with Crippen molar-refractivity contribution in [3.8, 4) is 0 Å². The Morgan fingerprint density at radius 2 is 2.00 bits per heavy atom. The summed E-state index contributed by atoms with van der Waals surface area (Å²) in [6, 6.07) is 0.773. The predicted molar refractivity (Wildman–Crippen MR) is 43.1 cm³/mol. The summed E-state index contributed by atoms with van der Waals surface area (Å²) in [7, 11) is 0. The fourth-order valence-corrected chi connectivity index (χ4v) is 1.91. The summed E-state index contributed by atoms with van der Waals surface area (Å²) in [5.41, 5.74) is 0. The molecule has 11 heavy (non-hydrogen) atoms. The molecule has 1 saturated carbocycles. The van der Waals surface area contributed by atoms with Crippen LogP contribution in [0.1, 0.15) is 38.1 Å². The first-order valence-corrected chi connectivity index (χ1v) is 4.50. The van der Waals surface area contributed by atoms with Crippen LogP contribution in [0.4, 0.5) is 0 Å². The summed E-state index contributed by atoms with van der Waals surface area (Å²) in [6.07, 6.45) is 13.2. The molecule has 0 aromatic carbocycles. The van der Waals surface area contributed by atoms with Crippen molar-refractivity contribution in [1.29, 1.82) is 0 Å². The maximum absolute atomic E-state index is 3.09. The molecule has 0 saturated heterocycles. The Bertz CT molecular complexity index is 197. The highest BCUT2D eigenvalue weighted by Gasteiger charge is 2.17. The molecule has 2 nitrogen and oxygen atoms in total. The number of rotatable bonds is 1. The van der Waals surface area contributed by atoms with E-state index in [1.165, 1.54) is 32.1 Å². The Labute approximate surface area is 67.3 Å². The molecule has 0 unspecified atom stereocenters. The van der Waals surface area contributed by atoms with Crippen LogP contribution in [0.5, 0.6) is 0 Å². The smallest absolute Gasteiger partial charge is 0.241 e. The first-order chi connectivity index (χ1) is 5.47. The minimum atomic E-state index is 0.773. The van der Waals surface area contributed by atoms with Crippen LogP contribution in [0.25, 0.3) is 0 Å². The van der Waals surface area contributed by atoms with Crippen molar-refractivity contribution in [3.05, 3.63) is 18.7 Å². The largest absolute Gasteiger partial charge is 0.250 e. The van der Waals surface area contributed by atoms with Gasteiger partial charge >= 0.3 is 0 Å². The SMILES string of the molecule is c1c[n+](C2CCCCC2)c[nH]1. The van der Waals surface area contributed by atoms with E-state index in [1.807, 2.05) is 6.20 Å². The third kappa shape index (κ3) is 1.44. The van der Waals surface area contributed by atoms with Crippen LogP contribution < -0.4 is 4.57 Å². The average molecular weight is 151 g/mol. The molecule has 0 spiro atoms. The third-order valence-electron chi connectivity index (χ3n) is 2.56. The second-order valence-electron chi connectivity index (χ2n) is 3.35. The summed E-state index contributed by atoms with van der Waals surface area (Å²) < 4.78 is 2.30. The number of imidazole rings is 1. The molecule has 0 amide bonds. The molecule has 2 heteroatoms. The molecule has 1 heterocycles. The van der Waals surface area contributed by atoms with Gasteiger partial charge in [0.15, 0.2) is 0 Å². The Morgan fingerprint density at radius 3 is 2.64 bits per heavy atom. The summed E-state index contributed by atoms with van der Waals surface area (Å²) in [5, 5.41) is 0. The van der Waals surface area contributed by atoms with E-state index in [2.05, 4.69) is 22.1 Å². The van der Waals surface area contributed by atoms with Gasteiger partial charge in [-0.15, -0.1) is 0 Å². The summed E-state index contributed by atoms with van der Waals surface area (Å²) in [6.45, 7) is 0. The summed E-state index contributed by atoms with van der Waals surface area (Å²) >= 11 is 0. The molecule has 1 aliphatic carbocycles. The summed E-state index contributed by atoms with van der Waals surface area (Å²) in [5.74, 6) is 0. The topological polar surface area (TPSA) is 19.7 Å². The zero-order valence-corrected chi connectivity index (χ0v) is 6.79. The molecule has 1 N–H and O–H groups in total. The van der Waals surface area contributed by atoms with Crippen LogP contribution in [0, 0.1) is 0 Å². The Balaban J connectivity index is 2.04. The predicted octanol–water partition coefficient (Wildman–Crippen LogP) is 1.81. The quantitative estimate of drug-likeness (QED) is 0.591. The number of aromatic amines is 1. The molecule has 0 aliphatic heterocycles. The Hall–Kier alpha value is -0.790. The van der Waals surface area contributed by atoms with Gasteiger partial charge < -0.3 is 0 Å². The number of hydrogen-bond acceptors (Lipinski definition) is 0. The van der Waals surface area contributed by atoms with Gasteiger partial charge in [0.2, 0.25) is 6.33 Å². The lowest BCUT2D eigenvalue weighted by atomic mass is 9.95. The van der Waals surface area contributed by atoms with Crippen LogP contribution in [0.15, 0.2) is 18.7 Å². The zero-order chi connectivity index (χ0) is 7.52. The third-order valence-corrected chi connectivity index (χ3v) is 2.56. The highest BCUT2D eigenvalue weighted by atomic mass is 15.0. The van der Waals surface area contributed by atoms with Gasteiger partial charge in [0, 0.05) is 0 Å². The average Bonchev–Trinajstić information content (AvgIpc) is 2.58. The highest BCUT2D eigenvalue weighted by Crippen LogP contribution is 2.22. The molecular weight excluding hydrogens is 136 g/mol. The zero-order valence-electron chi connectivity index (χ0n) is 6.79. The van der Waals surface area contributed by atoms with Crippen molar-refractivity contribution < 1.29 is 4.57 Å². The minimum absolute atomic E-state index is 0.773. The number of hydrogen-bond donors (Lipinski definition) is 1. The van der Waals surface area contributed by atoms with Crippen molar-refractivity contribution in [2.24, 2.45) is 0 Å². The molecule has 60 valence electrons. The molecule has 1 aromatic rings. The van der Waals surface area contributed by atoms with Gasteiger partial charge in [0.1, 0.15) is 18.4 Å². The molecule has 1 aromatic heterocycles. The first kappa shape index (κ1) is 6.89. The van der Waals surface area contributed by atoms with Gasteiger partial charge in [-0.2, -0.15) is 0 Å². The molecule has 1 aliphatic rings. The second kappa shape index (κ2) is 3.07. The molecular formula is C9H15N2+. The van der Waals surface area contributed by atoms with Crippen LogP contribution in [0.2, 0.25) is 0 Å². The van der Waals surface area contributed by atoms with Gasteiger partial charge in [-0.05, 0) is 25.7 Å². The van der Waals surface area contributed by atoms with Gasteiger partial charge in [-0.25, -0.2) is 4.57 Å². The molecule has 0 bridgehead atoms. The van der Waals surface area contributed by atoms with Crippen molar-refractivity contribution in [2.45, 2.75) is 38.1 Å². The van der Waals surface area contributed by atoms with Crippen LogP contribution >= 0.6 is 0 Å². The fraction of sp³-hybridized carbons (Fsp3) is 0.667. The van der Waals surface area contributed by atoms with E-state index in [0.717, 1.165) is 6.04 Å². The van der Waals surface area contributed by atoms with Gasteiger partial charge in [0.25, 0.3) is 0 Å². The summed E-state index contributed by atoms with van der Waals surface area (Å²) in [4.78, 5) is 3.09. The van der Waals surface area contributed by atoms with Crippen LogP contribution in [-0.2, 0) is 0 Å². The normalized spacial score (nSPS) is 20.4. The molecule has 0 atom stereocenters. The van der Waals surface area contributed by atoms with Crippen molar-refractivity contribution in [3.63, 3.8) is 0 Å². The Morgan fingerprint density at radius 1 is 1.18 bits per heavy atom. The van der Waals surface area contributed by atoms with E-state index in [0.29, 0.717) is 0 Å². The second-order valence-corrected chi connectivity index (χ2v) is 3.35.